The summed E-state index contributed by atoms with van der Waals surface area (Å²) >= 11 is 11.6. The minimum Gasteiger partial charge on any atom is -0.255 e. The fourth-order valence-electron chi connectivity index (χ4n) is 1.23. The van der Waals surface area contributed by atoms with E-state index >= 15 is 0 Å². The summed E-state index contributed by atoms with van der Waals surface area (Å²) < 4.78 is 0. The van der Waals surface area contributed by atoms with Gasteiger partial charge in [0.15, 0.2) is 5.84 Å². The predicted molar refractivity (Wildman–Crippen MR) is 61.9 cm³/mol. The monoisotopic (exact) mass is 242 g/mol. The summed E-state index contributed by atoms with van der Waals surface area (Å²) in [7, 11) is 0. The largest absolute Gasteiger partial charge is 0.255 e. The third-order valence-corrected chi connectivity index (χ3v) is 2.41. The van der Waals surface area contributed by atoms with Crippen molar-refractivity contribution in [3.05, 3.63) is 35.9 Å². The number of nitrogens with zero attached hydrogens (tertiary/aromatic N) is 3. The van der Waals surface area contributed by atoms with Crippen LogP contribution in [0.3, 0.4) is 0 Å². The summed E-state index contributed by atoms with van der Waals surface area (Å²) in [6.07, 6.45) is 0. The Labute approximate surface area is 97.0 Å². The minimum absolute atomic E-state index is 0.107. The second kappa shape index (κ2) is 4.18. The maximum Gasteiger partial charge on any atom is 0.222 e. The third-order valence-electron chi connectivity index (χ3n) is 1.92. The van der Waals surface area contributed by atoms with Gasteiger partial charge in [0.2, 0.25) is 10.9 Å². The smallest absolute Gasteiger partial charge is 0.222 e. The minimum atomic E-state index is -0.717. The van der Waals surface area contributed by atoms with Gasteiger partial charge < -0.3 is 0 Å². The lowest BCUT2D eigenvalue weighted by Crippen LogP contribution is -2.45. The number of rotatable bonds is 1. The van der Waals surface area contributed by atoms with E-state index in [0.29, 0.717) is 5.84 Å². The number of nitrogens with two attached hydrogens (primary N) is 1. The molecule has 0 amide bonds. The van der Waals surface area contributed by atoms with Gasteiger partial charge in [-0.15, -0.1) is 0 Å². The zero-order valence-electron chi connectivity index (χ0n) is 7.64. The van der Waals surface area contributed by atoms with Crippen LogP contribution in [0.15, 0.2) is 40.3 Å². The first-order chi connectivity index (χ1) is 7.18. The standard InChI is InChI=1S/C9H8Cl2N4/c10-8-13-7(15(12)9(11)14-8)6-4-2-1-3-5-6/h1-5,9H,12H2. The van der Waals surface area contributed by atoms with E-state index in [1.54, 1.807) is 0 Å². The van der Waals surface area contributed by atoms with Crippen molar-refractivity contribution in [3.63, 3.8) is 0 Å². The molecule has 0 aromatic heterocycles. The second-order valence-corrected chi connectivity index (χ2v) is 3.65. The number of hydrazine groups is 1. The highest BCUT2D eigenvalue weighted by Crippen LogP contribution is 2.15. The molecule has 0 radical (unpaired) electrons. The van der Waals surface area contributed by atoms with Crippen molar-refractivity contribution in [1.29, 1.82) is 0 Å². The molecule has 2 rings (SSSR count). The first-order valence-electron chi connectivity index (χ1n) is 4.24. The Morgan fingerprint density at radius 1 is 1.27 bits per heavy atom. The van der Waals surface area contributed by atoms with Crippen LogP contribution in [0.2, 0.25) is 0 Å². The van der Waals surface area contributed by atoms with Crippen molar-refractivity contribution in [3.8, 4) is 0 Å². The van der Waals surface area contributed by atoms with Crippen LogP contribution in [0, 0.1) is 0 Å². The molecule has 1 aromatic rings. The van der Waals surface area contributed by atoms with Gasteiger partial charge in [0.25, 0.3) is 0 Å². The molecule has 1 unspecified atom stereocenters. The van der Waals surface area contributed by atoms with Crippen LogP contribution >= 0.6 is 23.2 Å². The van der Waals surface area contributed by atoms with E-state index < -0.39 is 5.62 Å². The number of benzene rings is 1. The summed E-state index contributed by atoms with van der Waals surface area (Å²) in [6, 6.07) is 9.42. The van der Waals surface area contributed by atoms with Crippen molar-refractivity contribution in [2.75, 3.05) is 0 Å². The van der Waals surface area contributed by atoms with Crippen molar-refractivity contribution in [2.45, 2.75) is 5.62 Å². The maximum atomic E-state index is 5.85. The van der Waals surface area contributed by atoms with E-state index in [0.717, 1.165) is 5.56 Å². The summed E-state index contributed by atoms with van der Waals surface area (Å²) in [6.45, 7) is 0. The van der Waals surface area contributed by atoms with E-state index in [1.807, 2.05) is 30.3 Å². The fourth-order valence-corrected chi connectivity index (χ4v) is 1.63. The van der Waals surface area contributed by atoms with E-state index in [4.69, 9.17) is 29.0 Å². The number of hydrogen-bond acceptors (Lipinski definition) is 4. The van der Waals surface area contributed by atoms with Crippen LogP contribution in [-0.2, 0) is 0 Å². The zero-order chi connectivity index (χ0) is 10.8. The van der Waals surface area contributed by atoms with Gasteiger partial charge in [0, 0.05) is 5.56 Å². The molecule has 1 heterocycles. The van der Waals surface area contributed by atoms with Gasteiger partial charge in [-0.3, -0.25) is 5.01 Å². The van der Waals surface area contributed by atoms with Crippen LogP contribution in [0.5, 0.6) is 0 Å². The van der Waals surface area contributed by atoms with Crippen molar-refractivity contribution >= 4 is 34.3 Å². The topological polar surface area (TPSA) is 54.0 Å². The molecule has 2 N–H and O–H groups in total. The van der Waals surface area contributed by atoms with E-state index in [-0.39, 0.29) is 5.29 Å². The SMILES string of the molecule is NN1C(c2ccccc2)=NC(Cl)=NC1Cl. The number of aliphatic imine (C=N–C) groups is 2. The molecule has 1 aliphatic heterocycles. The first kappa shape index (κ1) is 10.4. The average Bonchev–Trinajstić information content (AvgIpc) is 2.24. The quantitative estimate of drug-likeness (QED) is 0.464. The molecule has 1 atom stereocenters. The van der Waals surface area contributed by atoms with Crippen LogP contribution in [0.4, 0.5) is 0 Å². The highest BCUT2D eigenvalue weighted by Gasteiger charge is 2.22. The van der Waals surface area contributed by atoms with E-state index in [1.165, 1.54) is 5.01 Å². The normalized spacial score (nSPS) is 21.0. The van der Waals surface area contributed by atoms with Crippen LogP contribution < -0.4 is 5.84 Å². The summed E-state index contributed by atoms with van der Waals surface area (Å²) in [5.41, 5.74) is 0.129. The number of amidine groups is 2. The van der Waals surface area contributed by atoms with Gasteiger partial charge in [-0.05, 0) is 11.6 Å². The average molecular weight is 243 g/mol. The van der Waals surface area contributed by atoms with E-state index in [2.05, 4.69) is 9.98 Å². The van der Waals surface area contributed by atoms with Crippen LogP contribution in [0.1, 0.15) is 5.56 Å². The summed E-state index contributed by atoms with van der Waals surface area (Å²) in [4.78, 5) is 7.83. The molecule has 6 heteroatoms. The van der Waals surface area contributed by atoms with Crippen molar-refractivity contribution in [1.82, 2.24) is 5.01 Å². The molecule has 0 saturated carbocycles. The molecular weight excluding hydrogens is 235 g/mol. The van der Waals surface area contributed by atoms with Gasteiger partial charge in [-0.2, -0.15) is 4.99 Å². The lowest BCUT2D eigenvalue weighted by atomic mass is 10.2. The number of hydrogen-bond donors (Lipinski definition) is 1. The molecule has 15 heavy (non-hydrogen) atoms. The molecule has 0 fully saturated rings. The molecule has 0 saturated heterocycles. The van der Waals surface area contributed by atoms with Crippen LogP contribution in [0.25, 0.3) is 0 Å². The molecular formula is C9H8Cl2N4. The summed E-state index contributed by atoms with van der Waals surface area (Å²) in [5, 5.41) is 1.37. The van der Waals surface area contributed by atoms with Gasteiger partial charge in [0.05, 0.1) is 0 Å². The zero-order valence-corrected chi connectivity index (χ0v) is 9.15. The highest BCUT2D eigenvalue weighted by molar-refractivity contribution is 6.66. The predicted octanol–water partition coefficient (Wildman–Crippen LogP) is 1.74. The first-order valence-corrected chi connectivity index (χ1v) is 5.05. The molecule has 0 aliphatic carbocycles. The third kappa shape index (κ3) is 2.12. The molecule has 0 bridgehead atoms. The van der Waals surface area contributed by atoms with E-state index in [9.17, 15) is 0 Å². The van der Waals surface area contributed by atoms with Gasteiger partial charge in [0.1, 0.15) is 0 Å². The Morgan fingerprint density at radius 2 is 1.93 bits per heavy atom. The van der Waals surface area contributed by atoms with Gasteiger partial charge >= 0.3 is 0 Å². The molecule has 0 spiro atoms. The van der Waals surface area contributed by atoms with Crippen molar-refractivity contribution in [2.24, 2.45) is 15.8 Å². The van der Waals surface area contributed by atoms with Gasteiger partial charge in [-0.25, -0.2) is 10.8 Å². The molecule has 1 aliphatic rings. The Hall–Kier alpha value is -1.10. The lowest BCUT2D eigenvalue weighted by Gasteiger charge is -2.25. The van der Waals surface area contributed by atoms with Crippen LogP contribution in [-0.4, -0.2) is 21.8 Å². The Kier molecular flexibility index (Phi) is 2.90. The van der Waals surface area contributed by atoms with Gasteiger partial charge in [-0.1, -0.05) is 41.9 Å². The molecule has 4 nitrogen and oxygen atoms in total. The maximum absolute atomic E-state index is 5.85. The molecule has 1 aromatic carbocycles. The number of alkyl halides is 1. The Morgan fingerprint density at radius 3 is 2.60 bits per heavy atom. The number of halogens is 2. The Bertz CT molecular complexity index is 415. The Balaban J connectivity index is 2.41. The second-order valence-electron chi connectivity index (χ2n) is 2.92. The lowest BCUT2D eigenvalue weighted by molar-refractivity contribution is 0.412. The fraction of sp³-hybridized carbons (Fsp3) is 0.111. The van der Waals surface area contributed by atoms with Crippen molar-refractivity contribution < 1.29 is 0 Å². The highest BCUT2D eigenvalue weighted by atomic mass is 35.5. The summed E-state index contributed by atoms with van der Waals surface area (Å²) in [5.74, 6) is 6.23. The molecule has 78 valence electrons.